The predicted octanol–water partition coefficient (Wildman–Crippen LogP) is 2.74. The lowest BCUT2D eigenvalue weighted by molar-refractivity contribution is 0.0273. The van der Waals surface area contributed by atoms with Gasteiger partial charge < -0.3 is 10.2 Å². The lowest BCUT2D eigenvalue weighted by Gasteiger charge is -2.40. The Kier molecular flexibility index (Phi) is 3.76. The first-order valence-electron chi connectivity index (χ1n) is 8.32. The van der Waals surface area contributed by atoms with Crippen molar-refractivity contribution in [3.05, 3.63) is 45.7 Å². The van der Waals surface area contributed by atoms with Gasteiger partial charge in [-0.15, -0.1) is 0 Å². The molecule has 2 aromatic heterocycles. The molecule has 4 rings (SSSR count). The molecule has 0 atom stereocenters. The molecule has 2 aliphatic rings. The second kappa shape index (κ2) is 5.84. The Hall–Kier alpha value is -2.41. The summed E-state index contributed by atoms with van der Waals surface area (Å²) in [5, 5.41) is 3.27. The number of pyridine rings is 1. The number of rotatable bonds is 2. The Morgan fingerprint density at radius 3 is 2.68 bits per heavy atom. The van der Waals surface area contributed by atoms with Gasteiger partial charge in [-0.1, -0.05) is 18.0 Å². The minimum atomic E-state index is -0.616. The molecule has 1 aliphatic carbocycles. The zero-order valence-corrected chi connectivity index (χ0v) is 14.6. The van der Waals surface area contributed by atoms with E-state index in [1.54, 1.807) is 28.8 Å². The summed E-state index contributed by atoms with van der Waals surface area (Å²) in [6.45, 7) is 0. The number of carbonyl (C=O) groups is 1. The van der Waals surface area contributed by atoms with E-state index in [1.165, 1.54) is 12.4 Å². The molecule has 1 saturated carbocycles. The van der Waals surface area contributed by atoms with Crippen LogP contribution in [0.3, 0.4) is 0 Å². The van der Waals surface area contributed by atoms with E-state index >= 15 is 0 Å². The van der Waals surface area contributed by atoms with Crippen LogP contribution in [0.4, 0.5) is 11.5 Å². The predicted molar refractivity (Wildman–Crippen MR) is 94.2 cm³/mol. The van der Waals surface area contributed by atoms with Gasteiger partial charge in [-0.25, -0.2) is 9.97 Å². The van der Waals surface area contributed by atoms with E-state index in [0.29, 0.717) is 11.5 Å². The highest BCUT2D eigenvalue weighted by Gasteiger charge is 2.50. The van der Waals surface area contributed by atoms with Crippen molar-refractivity contribution < 1.29 is 4.79 Å². The van der Waals surface area contributed by atoms with Crippen LogP contribution in [0.5, 0.6) is 0 Å². The summed E-state index contributed by atoms with van der Waals surface area (Å²) in [6, 6.07) is 3.17. The normalized spacial score (nSPS) is 18.5. The molecule has 1 spiro atoms. The van der Waals surface area contributed by atoms with Crippen LogP contribution in [-0.4, -0.2) is 32.4 Å². The Morgan fingerprint density at radius 2 is 2.00 bits per heavy atom. The highest BCUT2D eigenvalue weighted by Crippen LogP contribution is 2.43. The van der Waals surface area contributed by atoms with Crippen LogP contribution in [-0.2, 0) is 5.66 Å². The van der Waals surface area contributed by atoms with Crippen molar-refractivity contribution in [3.8, 4) is 0 Å². The Morgan fingerprint density at radius 1 is 1.24 bits per heavy atom. The van der Waals surface area contributed by atoms with Crippen molar-refractivity contribution >= 4 is 29.0 Å². The van der Waals surface area contributed by atoms with Crippen LogP contribution in [0.25, 0.3) is 0 Å². The summed E-state index contributed by atoms with van der Waals surface area (Å²) >= 11 is 6.40. The molecular weight excluding hydrogens is 342 g/mol. The van der Waals surface area contributed by atoms with Crippen molar-refractivity contribution in [1.29, 1.82) is 0 Å². The topological polar surface area (TPSA) is 80.1 Å². The van der Waals surface area contributed by atoms with Crippen molar-refractivity contribution in [1.82, 2.24) is 19.4 Å². The second-order valence-electron chi connectivity index (χ2n) is 6.52. The van der Waals surface area contributed by atoms with Crippen LogP contribution in [0, 0.1) is 0 Å². The first-order chi connectivity index (χ1) is 12.0. The van der Waals surface area contributed by atoms with Gasteiger partial charge in [0, 0.05) is 13.2 Å². The largest absolute Gasteiger partial charge is 0.336 e. The molecule has 0 radical (unpaired) electrons. The number of hydrogen-bond donors (Lipinski definition) is 1. The van der Waals surface area contributed by atoms with E-state index in [-0.39, 0.29) is 22.2 Å². The maximum atomic E-state index is 13.2. The third-order valence-corrected chi connectivity index (χ3v) is 5.49. The van der Waals surface area contributed by atoms with Crippen LogP contribution in [0.15, 0.2) is 29.5 Å². The Bertz CT molecular complexity index is 890. The van der Waals surface area contributed by atoms with Gasteiger partial charge in [-0.2, -0.15) is 0 Å². The van der Waals surface area contributed by atoms with Crippen molar-refractivity contribution in [3.63, 3.8) is 0 Å². The number of amides is 1. The maximum absolute atomic E-state index is 13.2. The summed E-state index contributed by atoms with van der Waals surface area (Å²) in [5.74, 6) is 0.302. The van der Waals surface area contributed by atoms with E-state index in [1.807, 2.05) is 0 Å². The van der Waals surface area contributed by atoms with Gasteiger partial charge in [0.1, 0.15) is 29.2 Å². The van der Waals surface area contributed by atoms with Gasteiger partial charge >= 0.3 is 0 Å². The molecule has 0 bridgehead atoms. The van der Waals surface area contributed by atoms with Crippen molar-refractivity contribution in [2.75, 3.05) is 12.4 Å². The number of hydrogen-bond acceptors (Lipinski definition) is 5. The number of halogens is 1. The van der Waals surface area contributed by atoms with Crippen LogP contribution in [0.2, 0.25) is 5.02 Å². The number of aromatic nitrogens is 3. The average molecular weight is 360 g/mol. The quantitative estimate of drug-likeness (QED) is 0.891. The van der Waals surface area contributed by atoms with E-state index in [4.69, 9.17) is 11.6 Å². The lowest BCUT2D eigenvalue weighted by Crippen LogP contribution is -2.49. The molecule has 8 heteroatoms. The van der Waals surface area contributed by atoms with E-state index in [2.05, 4.69) is 15.3 Å². The molecule has 0 unspecified atom stereocenters. The molecule has 1 N–H and O–H groups in total. The Balaban J connectivity index is 1.89. The molecule has 1 aliphatic heterocycles. The molecule has 25 heavy (non-hydrogen) atoms. The summed E-state index contributed by atoms with van der Waals surface area (Å²) in [5.41, 5.74) is -0.281. The molecule has 2 aromatic rings. The molecule has 0 saturated heterocycles. The molecule has 1 fully saturated rings. The monoisotopic (exact) mass is 359 g/mol. The molecular formula is C17H18ClN5O2. The maximum Gasteiger partial charge on any atom is 0.276 e. The minimum Gasteiger partial charge on any atom is -0.336 e. The number of nitrogens with one attached hydrogen (secondary N) is 1. The first-order valence-corrected chi connectivity index (χ1v) is 8.70. The number of nitrogens with zero attached hydrogens (tertiary/aromatic N) is 4. The zero-order valence-electron chi connectivity index (χ0n) is 13.8. The molecule has 130 valence electrons. The number of carbonyl (C=O) groups excluding carboxylic acids is 1. The smallest absolute Gasteiger partial charge is 0.276 e. The second-order valence-corrected chi connectivity index (χ2v) is 6.93. The fourth-order valence-electron chi connectivity index (χ4n) is 3.95. The van der Waals surface area contributed by atoms with Crippen LogP contribution >= 0.6 is 11.6 Å². The SMILES string of the molecule is CN1C(=O)c2c(Cl)cc(Nc3ccncn3)c(=O)n2C12CCCCC2. The lowest BCUT2D eigenvalue weighted by atomic mass is 9.88. The van der Waals surface area contributed by atoms with Gasteiger partial charge in [-0.3, -0.25) is 14.2 Å². The highest BCUT2D eigenvalue weighted by molar-refractivity contribution is 6.34. The van der Waals surface area contributed by atoms with E-state index in [0.717, 1.165) is 32.1 Å². The fraction of sp³-hybridized carbons (Fsp3) is 0.412. The summed E-state index contributed by atoms with van der Waals surface area (Å²) in [6.07, 6.45) is 7.57. The molecule has 1 amide bonds. The van der Waals surface area contributed by atoms with Gasteiger partial charge in [-0.05, 0) is 37.8 Å². The average Bonchev–Trinajstić information content (AvgIpc) is 2.84. The fourth-order valence-corrected chi connectivity index (χ4v) is 4.22. The number of fused-ring (bicyclic) bond motifs is 2. The van der Waals surface area contributed by atoms with Crippen LogP contribution in [0.1, 0.15) is 42.6 Å². The number of anilines is 2. The Labute approximate surface area is 149 Å². The van der Waals surface area contributed by atoms with E-state index < -0.39 is 5.66 Å². The summed E-state index contributed by atoms with van der Waals surface area (Å²) in [4.78, 5) is 35.6. The van der Waals surface area contributed by atoms with Gasteiger partial charge in [0.25, 0.3) is 11.5 Å². The van der Waals surface area contributed by atoms with Crippen molar-refractivity contribution in [2.45, 2.75) is 37.8 Å². The van der Waals surface area contributed by atoms with E-state index in [9.17, 15) is 9.59 Å². The van der Waals surface area contributed by atoms with Gasteiger partial charge in [0.15, 0.2) is 0 Å². The van der Waals surface area contributed by atoms with Gasteiger partial charge in [0.2, 0.25) is 0 Å². The standard InChI is InChI=1S/C17H18ClN5O2/c1-22-16(25)14-11(18)9-12(21-13-5-8-19-10-20-13)15(24)23(14)17(22)6-3-2-4-7-17/h5,8-10H,2-4,6-7H2,1H3,(H,19,20,21). The minimum absolute atomic E-state index is 0.197. The van der Waals surface area contributed by atoms with Gasteiger partial charge in [0.05, 0.1) is 5.02 Å². The molecule has 0 aromatic carbocycles. The zero-order chi connectivity index (χ0) is 17.6. The first kappa shape index (κ1) is 16.1. The molecule has 7 nitrogen and oxygen atoms in total. The van der Waals surface area contributed by atoms with Crippen molar-refractivity contribution in [2.24, 2.45) is 0 Å². The third kappa shape index (κ3) is 2.33. The summed E-state index contributed by atoms with van der Waals surface area (Å²) < 4.78 is 1.60. The summed E-state index contributed by atoms with van der Waals surface area (Å²) in [7, 11) is 1.76. The van der Waals surface area contributed by atoms with Crippen LogP contribution < -0.4 is 10.9 Å². The molecule has 3 heterocycles. The highest BCUT2D eigenvalue weighted by atomic mass is 35.5. The third-order valence-electron chi connectivity index (χ3n) is 5.20.